The monoisotopic (exact) mass is 215 g/mol. The van der Waals surface area contributed by atoms with Crippen LogP contribution in [0.3, 0.4) is 0 Å². The first-order chi connectivity index (χ1) is 7.83. The molecule has 0 radical (unpaired) electrons. The van der Waals surface area contributed by atoms with E-state index in [-0.39, 0.29) is 0 Å². The zero-order chi connectivity index (χ0) is 11.0. The molecule has 1 aromatic carbocycles. The van der Waals surface area contributed by atoms with Crippen LogP contribution in [0, 0.1) is 11.8 Å². The Hall–Kier alpha value is -1.15. The van der Waals surface area contributed by atoms with Crippen LogP contribution < -0.4 is 0 Å². The van der Waals surface area contributed by atoms with E-state index >= 15 is 0 Å². The molecule has 2 atom stereocenters. The van der Waals surface area contributed by atoms with E-state index in [1.165, 1.54) is 5.56 Å². The van der Waals surface area contributed by atoms with Gasteiger partial charge in [-0.05, 0) is 18.4 Å². The van der Waals surface area contributed by atoms with Crippen molar-refractivity contribution < 1.29 is 4.79 Å². The van der Waals surface area contributed by atoms with Gasteiger partial charge in [0.15, 0.2) is 0 Å². The van der Waals surface area contributed by atoms with Gasteiger partial charge in [-0.3, -0.25) is 9.69 Å². The lowest BCUT2D eigenvalue weighted by molar-refractivity contribution is -0.127. The number of carbonyl (C=O) groups is 1. The third-order valence-corrected chi connectivity index (χ3v) is 3.87. The maximum absolute atomic E-state index is 11.8. The van der Waals surface area contributed by atoms with Gasteiger partial charge < -0.3 is 0 Å². The normalized spacial score (nSPS) is 29.6. The smallest absolute Gasteiger partial charge is 0.141 e. The zero-order valence-corrected chi connectivity index (χ0v) is 9.43. The molecule has 1 saturated carbocycles. The molecule has 1 aliphatic heterocycles. The van der Waals surface area contributed by atoms with Crippen LogP contribution in [0.15, 0.2) is 30.3 Å². The summed E-state index contributed by atoms with van der Waals surface area (Å²) < 4.78 is 0. The third-order valence-electron chi connectivity index (χ3n) is 3.87. The second kappa shape index (κ2) is 4.02. The van der Waals surface area contributed by atoms with Crippen LogP contribution in [0.25, 0.3) is 0 Å². The van der Waals surface area contributed by atoms with Crippen molar-refractivity contribution in [3.8, 4) is 0 Å². The highest BCUT2D eigenvalue weighted by Gasteiger charge is 2.40. The summed E-state index contributed by atoms with van der Waals surface area (Å²) in [5.74, 6) is 1.20. The molecule has 2 fully saturated rings. The molecule has 1 aromatic rings. The fourth-order valence-electron chi connectivity index (χ4n) is 3.05. The van der Waals surface area contributed by atoms with Gasteiger partial charge in [0.2, 0.25) is 0 Å². The Morgan fingerprint density at radius 2 is 1.69 bits per heavy atom. The van der Waals surface area contributed by atoms with Crippen LogP contribution in [-0.4, -0.2) is 23.8 Å². The number of nitrogens with zero attached hydrogens (tertiary/aromatic N) is 1. The fraction of sp³-hybridized carbons (Fsp3) is 0.500. The number of rotatable bonds is 2. The minimum atomic E-state index is 0.336. The van der Waals surface area contributed by atoms with Gasteiger partial charge in [0.1, 0.15) is 5.78 Å². The van der Waals surface area contributed by atoms with E-state index in [9.17, 15) is 4.79 Å². The maximum atomic E-state index is 11.8. The predicted octanol–water partition coefficient (Wildman–Crippen LogP) is 2.10. The van der Waals surface area contributed by atoms with Crippen molar-refractivity contribution >= 4 is 5.78 Å². The molecule has 1 aliphatic carbocycles. The van der Waals surface area contributed by atoms with E-state index in [0.717, 1.165) is 32.5 Å². The van der Waals surface area contributed by atoms with Crippen LogP contribution in [0.2, 0.25) is 0 Å². The van der Waals surface area contributed by atoms with E-state index in [0.29, 0.717) is 17.6 Å². The molecule has 0 aromatic heterocycles. The highest BCUT2D eigenvalue weighted by Crippen LogP contribution is 2.33. The number of hydrogen-bond donors (Lipinski definition) is 0. The van der Waals surface area contributed by atoms with Crippen molar-refractivity contribution in [3.63, 3.8) is 0 Å². The van der Waals surface area contributed by atoms with E-state index in [1.54, 1.807) is 0 Å². The minimum Gasteiger partial charge on any atom is -0.299 e. The quantitative estimate of drug-likeness (QED) is 0.753. The summed E-state index contributed by atoms with van der Waals surface area (Å²) in [5.41, 5.74) is 1.36. The number of fused-ring (bicyclic) bond motifs is 2. The lowest BCUT2D eigenvalue weighted by atomic mass is 9.96. The molecule has 0 N–H and O–H groups in total. The first-order valence-electron chi connectivity index (χ1n) is 6.13. The second-order valence-corrected chi connectivity index (χ2v) is 5.05. The Bertz CT molecular complexity index is 371. The highest BCUT2D eigenvalue weighted by atomic mass is 16.1. The second-order valence-electron chi connectivity index (χ2n) is 5.05. The standard InChI is InChI=1S/C14H17NO/c16-14-12-6-7-13(14)10-15(9-12)8-11-4-2-1-3-5-11/h1-5,12-13H,6-10H2. The molecule has 2 unspecified atom stereocenters. The van der Waals surface area contributed by atoms with Crippen molar-refractivity contribution in [1.82, 2.24) is 4.90 Å². The number of benzene rings is 1. The molecule has 2 nitrogen and oxygen atoms in total. The summed E-state index contributed by atoms with van der Waals surface area (Å²) in [6.45, 7) is 2.95. The van der Waals surface area contributed by atoms with Crippen LogP contribution >= 0.6 is 0 Å². The summed E-state index contributed by atoms with van der Waals surface area (Å²) >= 11 is 0. The Labute approximate surface area is 96.3 Å². The van der Waals surface area contributed by atoms with Crippen molar-refractivity contribution in [2.45, 2.75) is 19.4 Å². The van der Waals surface area contributed by atoms with Crippen LogP contribution in [0.5, 0.6) is 0 Å². The van der Waals surface area contributed by atoms with Gasteiger partial charge in [-0.2, -0.15) is 0 Å². The van der Waals surface area contributed by atoms with Crippen molar-refractivity contribution in [2.24, 2.45) is 11.8 Å². The molecule has 0 amide bonds. The largest absolute Gasteiger partial charge is 0.299 e. The van der Waals surface area contributed by atoms with E-state index < -0.39 is 0 Å². The van der Waals surface area contributed by atoms with Crippen LogP contribution in [-0.2, 0) is 11.3 Å². The van der Waals surface area contributed by atoms with E-state index in [1.807, 2.05) is 6.07 Å². The molecule has 0 spiro atoms. The number of ketones is 1. The summed E-state index contributed by atoms with van der Waals surface area (Å²) in [6, 6.07) is 10.5. The summed E-state index contributed by atoms with van der Waals surface area (Å²) in [6.07, 6.45) is 2.24. The number of Topliss-reactive ketones (excluding diaryl/α,β-unsaturated/α-hetero) is 1. The molecule has 1 heterocycles. The zero-order valence-electron chi connectivity index (χ0n) is 9.43. The average molecular weight is 215 g/mol. The third kappa shape index (κ3) is 1.78. The van der Waals surface area contributed by atoms with Crippen molar-refractivity contribution in [1.29, 1.82) is 0 Å². The lowest BCUT2D eigenvalue weighted by Gasteiger charge is -2.30. The Morgan fingerprint density at radius 1 is 1.06 bits per heavy atom. The Balaban J connectivity index is 1.68. The van der Waals surface area contributed by atoms with Gasteiger partial charge in [0.25, 0.3) is 0 Å². The lowest BCUT2D eigenvalue weighted by Crippen LogP contribution is -2.41. The van der Waals surface area contributed by atoms with Gasteiger partial charge in [-0.1, -0.05) is 30.3 Å². The van der Waals surface area contributed by atoms with Crippen LogP contribution in [0.1, 0.15) is 18.4 Å². The van der Waals surface area contributed by atoms with Gasteiger partial charge in [-0.15, -0.1) is 0 Å². The molecule has 2 heteroatoms. The predicted molar refractivity (Wildman–Crippen MR) is 62.9 cm³/mol. The topological polar surface area (TPSA) is 20.3 Å². The van der Waals surface area contributed by atoms with E-state index in [2.05, 4.69) is 29.2 Å². The molecule has 3 rings (SSSR count). The molecule has 2 aliphatic rings. The summed E-state index contributed by atoms with van der Waals surface area (Å²) in [5, 5.41) is 0. The first kappa shape index (κ1) is 10.0. The van der Waals surface area contributed by atoms with Gasteiger partial charge in [-0.25, -0.2) is 0 Å². The van der Waals surface area contributed by atoms with Gasteiger partial charge >= 0.3 is 0 Å². The number of piperidine rings is 1. The van der Waals surface area contributed by atoms with Gasteiger partial charge in [0, 0.05) is 31.5 Å². The first-order valence-corrected chi connectivity index (χ1v) is 6.13. The molecule has 84 valence electrons. The highest BCUT2D eigenvalue weighted by molar-refractivity contribution is 5.86. The summed E-state index contributed by atoms with van der Waals surface area (Å²) in [4.78, 5) is 14.2. The van der Waals surface area contributed by atoms with E-state index in [4.69, 9.17) is 0 Å². The molecule has 2 bridgehead atoms. The number of hydrogen-bond acceptors (Lipinski definition) is 2. The van der Waals surface area contributed by atoms with Crippen molar-refractivity contribution in [3.05, 3.63) is 35.9 Å². The Kier molecular flexibility index (Phi) is 2.52. The molecular formula is C14H17NO. The maximum Gasteiger partial charge on any atom is 0.141 e. The average Bonchev–Trinajstić information content (AvgIpc) is 2.54. The van der Waals surface area contributed by atoms with Crippen molar-refractivity contribution in [2.75, 3.05) is 13.1 Å². The van der Waals surface area contributed by atoms with Crippen LogP contribution in [0.4, 0.5) is 0 Å². The molecule has 1 saturated heterocycles. The number of likely N-dealkylation sites (tertiary alicyclic amines) is 1. The fourth-order valence-corrected chi connectivity index (χ4v) is 3.05. The number of carbonyl (C=O) groups excluding carboxylic acids is 1. The molecular weight excluding hydrogens is 198 g/mol. The Morgan fingerprint density at radius 3 is 2.31 bits per heavy atom. The minimum absolute atomic E-state index is 0.336. The van der Waals surface area contributed by atoms with Gasteiger partial charge in [0.05, 0.1) is 0 Å². The SMILES string of the molecule is O=C1C2CCC1CN(Cc1ccccc1)C2. The molecule has 16 heavy (non-hydrogen) atoms. The summed E-state index contributed by atoms with van der Waals surface area (Å²) in [7, 11) is 0.